The highest BCUT2D eigenvalue weighted by atomic mass is 79.9. The summed E-state index contributed by atoms with van der Waals surface area (Å²) in [7, 11) is 3.90. The monoisotopic (exact) mass is 312 g/mol. The molecule has 0 aromatic heterocycles. The molecule has 0 saturated carbocycles. The Kier molecular flexibility index (Phi) is 4.30. The zero-order valence-electron chi connectivity index (χ0n) is 11.2. The average molecular weight is 313 g/mol. The van der Waals surface area contributed by atoms with Gasteiger partial charge in [0.05, 0.1) is 11.6 Å². The second kappa shape index (κ2) is 5.59. The van der Waals surface area contributed by atoms with E-state index < -0.39 is 0 Å². The van der Waals surface area contributed by atoms with E-state index in [-0.39, 0.29) is 0 Å². The molecule has 2 atom stereocenters. The van der Waals surface area contributed by atoms with Crippen molar-refractivity contribution in [1.82, 2.24) is 4.90 Å². The highest BCUT2D eigenvalue weighted by Gasteiger charge is 2.33. The molecule has 100 valence electrons. The molecular formula is C14H21BrN2O. The number of halogens is 1. The SMILES string of the molecule is COc1c(Br)ccc(C)c1C1CC(CN)CN1C. The van der Waals surface area contributed by atoms with Gasteiger partial charge in [0.2, 0.25) is 0 Å². The molecule has 0 amide bonds. The summed E-state index contributed by atoms with van der Waals surface area (Å²) in [4.78, 5) is 2.38. The molecule has 1 aromatic carbocycles. The van der Waals surface area contributed by atoms with Gasteiger partial charge < -0.3 is 10.5 Å². The van der Waals surface area contributed by atoms with E-state index >= 15 is 0 Å². The van der Waals surface area contributed by atoms with Gasteiger partial charge in [0.15, 0.2) is 0 Å². The summed E-state index contributed by atoms with van der Waals surface area (Å²) in [6, 6.07) is 4.60. The molecule has 0 spiro atoms. The van der Waals surface area contributed by atoms with Gasteiger partial charge in [-0.3, -0.25) is 4.90 Å². The highest BCUT2D eigenvalue weighted by molar-refractivity contribution is 9.10. The van der Waals surface area contributed by atoms with Crippen molar-refractivity contribution >= 4 is 15.9 Å². The Morgan fingerprint density at radius 3 is 2.78 bits per heavy atom. The molecule has 1 aliphatic rings. The third-order valence-electron chi connectivity index (χ3n) is 3.87. The maximum atomic E-state index is 5.81. The van der Waals surface area contributed by atoms with Crippen LogP contribution in [0.15, 0.2) is 16.6 Å². The number of ether oxygens (including phenoxy) is 1. The summed E-state index contributed by atoms with van der Waals surface area (Å²) in [5.74, 6) is 1.55. The zero-order chi connectivity index (χ0) is 13.3. The van der Waals surface area contributed by atoms with Crippen LogP contribution in [0, 0.1) is 12.8 Å². The summed E-state index contributed by atoms with van der Waals surface area (Å²) >= 11 is 3.57. The predicted octanol–water partition coefficient (Wildman–Crippen LogP) is 2.72. The topological polar surface area (TPSA) is 38.5 Å². The molecule has 0 bridgehead atoms. The van der Waals surface area contributed by atoms with Gasteiger partial charge in [-0.05, 0) is 60.4 Å². The molecule has 18 heavy (non-hydrogen) atoms. The maximum absolute atomic E-state index is 5.81. The Hall–Kier alpha value is -0.580. The van der Waals surface area contributed by atoms with Gasteiger partial charge in [-0.15, -0.1) is 0 Å². The van der Waals surface area contributed by atoms with Crippen molar-refractivity contribution in [2.24, 2.45) is 11.7 Å². The number of hydrogen-bond acceptors (Lipinski definition) is 3. The second-order valence-electron chi connectivity index (χ2n) is 5.10. The van der Waals surface area contributed by atoms with Crippen molar-refractivity contribution < 1.29 is 4.74 Å². The van der Waals surface area contributed by atoms with Crippen molar-refractivity contribution in [3.05, 3.63) is 27.7 Å². The lowest BCUT2D eigenvalue weighted by atomic mass is 9.95. The first-order valence-corrected chi connectivity index (χ1v) is 7.11. The number of likely N-dealkylation sites (tertiary alicyclic amines) is 1. The van der Waals surface area contributed by atoms with E-state index in [2.05, 4.69) is 40.9 Å². The number of nitrogens with zero attached hydrogens (tertiary/aromatic N) is 1. The Labute approximate surface area is 117 Å². The smallest absolute Gasteiger partial charge is 0.138 e. The number of nitrogens with two attached hydrogens (primary N) is 1. The summed E-state index contributed by atoms with van der Waals surface area (Å²) in [6.45, 7) is 3.97. The Morgan fingerprint density at radius 2 is 2.22 bits per heavy atom. The summed E-state index contributed by atoms with van der Waals surface area (Å²) < 4.78 is 6.61. The largest absolute Gasteiger partial charge is 0.495 e. The first kappa shape index (κ1) is 13.8. The first-order valence-electron chi connectivity index (χ1n) is 6.31. The molecule has 0 radical (unpaired) electrons. The Morgan fingerprint density at radius 1 is 1.50 bits per heavy atom. The predicted molar refractivity (Wildman–Crippen MR) is 78.0 cm³/mol. The molecule has 2 unspecified atom stereocenters. The molecule has 1 heterocycles. The maximum Gasteiger partial charge on any atom is 0.138 e. The summed E-state index contributed by atoms with van der Waals surface area (Å²) in [6.07, 6.45) is 1.11. The van der Waals surface area contributed by atoms with Crippen LogP contribution in [0.4, 0.5) is 0 Å². The Bertz CT molecular complexity index is 436. The van der Waals surface area contributed by atoms with Crippen LogP contribution in [0.1, 0.15) is 23.6 Å². The van der Waals surface area contributed by atoms with Crippen molar-refractivity contribution in [3.8, 4) is 5.75 Å². The molecule has 3 nitrogen and oxygen atoms in total. The molecular weight excluding hydrogens is 292 g/mol. The fraction of sp³-hybridized carbons (Fsp3) is 0.571. The standard InChI is InChI=1S/C14H21BrN2O/c1-9-4-5-11(15)14(18-3)13(9)12-6-10(7-16)8-17(12)2/h4-5,10,12H,6-8,16H2,1-3H3. The van der Waals surface area contributed by atoms with Gasteiger partial charge in [0, 0.05) is 18.2 Å². The van der Waals surface area contributed by atoms with Gasteiger partial charge >= 0.3 is 0 Å². The number of hydrogen-bond donors (Lipinski definition) is 1. The van der Waals surface area contributed by atoms with Crippen LogP contribution in [0.3, 0.4) is 0 Å². The van der Waals surface area contributed by atoms with Crippen LogP contribution < -0.4 is 10.5 Å². The van der Waals surface area contributed by atoms with E-state index in [1.54, 1.807) is 7.11 Å². The van der Waals surface area contributed by atoms with Crippen LogP contribution in [0.25, 0.3) is 0 Å². The molecule has 0 aliphatic carbocycles. The lowest BCUT2D eigenvalue weighted by Crippen LogP contribution is -2.21. The van der Waals surface area contributed by atoms with Crippen LogP contribution in [-0.2, 0) is 0 Å². The highest BCUT2D eigenvalue weighted by Crippen LogP contribution is 2.42. The molecule has 1 saturated heterocycles. The van der Waals surface area contributed by atoms with Crippen molar-refractivity contribution in [2.75, 3.05) is 27.2 Å². The fourth-order valence-corrected chi connectivity index (χ4v) is 3.41. The molecule has 1 aliphatic heterocycles. The van der Waals surface area contributed by atoms with Crippen LogP contribution in [-0.4, -0.2) is 32.1 Å². The Balaban J connectivity index is 2.41. The van der Waals surface area contributed by atoms with Crippen LogP contribution >= 0.6 is 15.9 Å². The van der Waals surface area contributed by atoms with Gasteiger partial charge in [0.1, 0.15) is 5.75 Å². The minimum absolute atomic E-state index is 0.408. The first-order chi connectivity index (χ1) is 8.58. The average Bonchev–Trinajstić information content (AvgIpc) is 2.73. The molecule has 2 rings (SSSR count). The molecule has 1 aromatic rings. The third kappa shape index (κ3) is 2.42. The van der Waals surface area contributed by atoms with Gasteiger partial charge in [-0.25, -0.2) is 0 Å². The number of methoxy groups -OCH3 is 1. The molecule has 2 N–H and O–H groups in total. The van der Waals surface area contributed by atoms with E-state index in [1.165, 1.54) is 11.1 Å². The summed E-state index contributed by atoms with van der Waals surface area (Å²) in [5, 5.41) is 0. The number of aryl methyl sites for hydroxylation is 1. The molecule has 4 heteroatoms. The second-order valence-corrected chi connectivity index (χ2v) is 5.96. The third-order valence-corrected chi connectivity index (χ3v) is 4.50. The summed E-state index contributed by atoms with van der Waals surface area (Å²) in [5.41, 5.74) is 8.39. The van der Waals surface area contributed by atoms with E-state index in [0.29, 0.717) is 12.0 Å². The lowest BCUT2D eigenvalue weighted by molar-refractivity contribution is 0.301. The van der Waals surface area contributed by atoms with Crippen molar-refractivity contribution in [2.45, 2.75) is 19.4 Å². The zero-order valence-corrected chi connectivity index (χ0v) is 12.8. The normalized spacial score (nSPS) is 24.5. The van der Waals surface area contributed by atoms with Crippen molar-refractivity contribution in [3.63, 3.8) is 0 Å². The van der Waals surface area contributed by atoms with Gasteiger partial charge in [-0.2, -0.15) is 0 Å². The van der Waals surface area contributed by atoms with E-state index in [1.807, 2.05) is 6.07 Å². The molecule has 1 fully saturated rings. The minimum Gasteiger partial charge on any atom is -0.495 e. The van der Waals surface area contributed by atoms with E-state index in [9.17, 15) is 0 Å². The van der Waals surface area contributed by atoms with Gasteiger partial charge in [-0.1, -0.05) is 6.07 Å². The van der Waals surface area contributed by atoms with E-state index in [4.69, 9.17) is 10.5 Å². The number of rotatable bonds is 3. The van der Waals surface area contributed by atoms with Crippen molar-refractivity contribution in [1.29, 1.82) is 0 Å². The lowest BCUT2D eigenvalue weighted by Gasteiger charge is -2.24. The fourth-order valence-electron chi connectivity index (χ4n) is 2.91. The van der Waals surface area contributed by atoms with Crippen LogP contribution in [0.5, 0.6) is 5.75 Å². The number of benzene rings is 1. The van der Waals surface area contributed by atoms with E-state index in [0.717, 1.165) is 29.7 Å². The quantitative estimate of drug-likeness (QED) is 0.932. The van der Waals surface area contributed by atoms with Gasteiger partial charge in [0.25, 0.3) is 0 Å². The minimum atomic E-state index is 0.408. The van der Waals surface area contributed by atoms with Crippen LogP contribution in [0.2, 0.25) is 0 Å².